The maximum absolute atomic E-state index is 13.4. The number of carbonyl (C=O) groups excluding carboxylic acids is 1. The third kappa shape index (κ3) is 3.41. The van der Waals surface area contributed by atoms with Gasteiger partial charge in [-0.15, -0.1) is 0 Å². The lowest BCUT2D eigenvalue weighted by Crippen LogP contribution is -2.16. The van der Waals surface area contributed by atoms with Gasteiger partial charge in [0, 0.05) is 0 Å². The van der Waals surface area contributed by atoms with Crippen molar-refractivity contribution in [3.63, 3.8) is 0 Å². The molecule has 0 amide bonds. The molecule has 0 aliphatic heterocycles. The number of esters is 1. The molecule has 1 rings (SSSR count). The van der Waals surface area contributed by atoms with Crippen molar-refractivity contribution in [3.8, 4) is 0 Å². The fraction of sp³-hybridized carbons (Fsp3) is 0.300. The van der Waals surface area contributed by atoms with Gasteiger partial charge in [-0.1, -0.05) is 11.6 Å². The second kappa shape index (κ2) is 5.21. The molecular formula is C10H11ClFNO4S. The van der Waals surface area contributed by atoms with Gasteiger partial charge in [-0.3, -0.25) is 0 Å². The Morgan fingerprint density at radius 1 is 1.44 bits per heavy atom. The normalized spacial score (nSPS) is 11.7. The van der Waals surface area contributed by atoms with E-state index in [1.807, 2.05) is 0 Å². The number of halogens is 2. The molecule has 0 unspecified atom stereocenters. The monoisotopic (exact) mass is 295 g/mol. The van der Waals surface area contributed by atoms with Gasteiger partial charge in [0.2, 0.25) is 10.0 Å². The number of benzene rings is 1. The van der Waals surface area contributed by atoms with E-state index in [4.69, 9.17) is 21.5 Å². The van der Waals surface area contributed by atoms with Crippen molar-refractivity contribution in [1.29, 1.82) is 0 Å². The number of carbonyl (C=O) groups is 1. The first-order valence-corrected chi connectivity index (χ1v) is 6.78. The molecule has 0 bridgehead atoms. The first-order valence-electron chi connectivity index (χ1n) is 4.85. The van der Waals surface area contributed by atoms with Crippen molar-refractivity contribution in [3.05, 3.63) is 28.5 Å². The molecule has 0 atom stereocenters. The smallest absolute Gasteiger partial charge is 0.340 e. The van der Waals surface area contributed by atoms with Crippen molar-refractivity contribution in [2.45, 2.75) is 24.8 Å². The fourth-order valence-corrected chi connectivity index (χ4v) is 1.89. The Bertz CT molecular complexity index is 586. The molecule has 0 fully saturated rings. The van der Waals surface area contributed by atoms with Crippen LogP contribution in [0.5, 0.6) is 0 Å². The molecule has 0 aliphatic rings. The Morgan fingerprint density at radius 3 is 2.44 bits per heavy atom. The molecular weight excluding hydrogens is 285 g/mol. The van der Waals surface area contributed by atoms with Crippen LogP contribution in [0.2, 0.25) is 5.02 Å². The number of hydrogen-bond donors (Lipinski definition) is 1. The molecule has 2 N–H and O–H groups in total. The number of hydrogen-bond acceptors (Lipinski definition) is 4. The number of sulfonamides is 1. The summed E-state index contributed by atoms with van der Waals surface area (Å²) in [6.07, 6.45) is -0.449. The van der Waals surface area contributed by atoms with Crippen LogP contribution in [-0.2, 0) is 14.8 Å². The van der Waals surface area contributed by atoms with Crippen LogP contribution in [0.3, 0.4) is 0 Å². The van der Waals surface area contributed by atoms with Crippen molar-refractivity contribution in [1.82, 2.24) is 0 Å². The van der Waals surface area contributed by atoms with Crippen LogP contribution in [-0.4, -0.2) is 20.5 Å². The van der Waals surface area contributed by atoms with Crippen molar-refractivity contribution < 1.29 is 22.3 Å². The quantitative estimate of drug-likeness (QED) is 0.860. The zero-order valence-corrected chi connectivity index (χ0v) is 11.2. The van der Waals surface area contributed by atoms with E-state index in [-0.39, 0.29) is 5.56 Å². The fourth-order valence-electron chi connectivity index (χ4n) is 1.15. The Morgan fingerprint density at radius 2 is 2.00 bits per heavy atom. The summed E-state index contributed by atoms with van der Waals surface area (Å²) >= 11 is 5.58. The van der Waals surface area contributed by atoms with Crippen molar-refractivity contribution in [2.24, 2.45) is 5.14 Å². The third-order valence-electron chi connectivity index (χ3n) is 1.89. The van der Waals surface area contributed by atoms with Gasteiger partial charge in [0.15, 0.2) is 0 Å². The van der Waals surface area contributed by atoms with Crippen LogP contribution in [0.25, 0.3) is 0 Å². The predicted molar refractivity (Wildman–Crippen MR) is 63.3 cm³/mol. The number of nitrogens with two attached hydrogens (primary N) is 1. The zero-order chi connectivity index (χ0) is 14.1. The van der Waals surface area contributed by atoms with E-state index in [2.05, 4.69) is 0 Å². The Hall–Kier alpha value is -1.18. The topological polar surface area (TPSA) is 86.5 Å². The third-order valence-corrected chi connectivity index (χ3v) is 3.17. The van der Waals surface area contributed by atoms with Crippen LogP contribution in [0, 0.1) is 5.82 Å². The average molecular weight is 296 g/mol. The molecule has 0 saturated carbocycles. The van der Waals surface area contributed by atoms with E-state index in [0.29, 0.717) is 6.07 Å². The molecule has 0 radical (unpaired) electrons. The SMILES string of the molecule is CC(C)OC(=O)c1cc(S(N)(=O)=O)cc(F)c1Cl. The number of primary sulfonamides is 1. The Balaban J connectivity index is 3.36. The van der Waals surface area contributed by atoms with Crippen LogP contribution in [0.15, 0.2) is 17.0 Å². The Labute approximate surface area is 109 Å². The standard InChI is InChI=1S/C10H11ClFNO4S/c1-5(2)17-10(14)7-3-6(18(13,15)16)4-8(12)9(7)11/h3-5H,1-2H3,(H2,13,15,16). The number of ether oxygens (including phenoxy) is 1. The average Bonchev–Trinajstić information content (AvgIpc) is 2.18. The number of rotatable bonds is 3. The van der Waals surface area contributed by atoms with Crippen molar-refractivity contribution in [2.75, 3.05) is 0 Å². The molecule has 0 aromatic heterocycles. The van der Waals surface area contributed by atoms with Crippen LogP contribution < -0.4 is 5.14 Å². The van der Waals surface area contributed by atoms with E-state index in [9.17, 15) is 17.6 Å². The summed E-state index contributed by atoms with van der Waals surface area (Å²) < 4.78 is 40.4. The van der Waals surface area contributed by atoms with E-state index in [1.54, 1.807) is 13.8 Å². The summed E-state index contributed by atoms with van der Waals surface area (Å²) in [6.45, 7) is 3.18. The van der Waals surface area contributed by atoms with Gasteiger partial charge in [0.05, 0.1) is 21.6 Å². The molecule has 18 heavy (non-hydrogen) atoms. The summed E-state index contributed by atoms with van der Waals surface area (Å²) in [6, 6.07) is 1.52. The lowest BCUT2D eigenvalue weighted by atomic mass is 10.2. The lowest BCUT2D eigenvalue weighted by molar-refractivity contribution is 0.0377. The first kappa shape index (κ1) is 14.9. The highest BCUT2D eigenvalue weighted by Crippen LogP contribution is 2.25. The van der Waals surface area contributed by atoms with Gasteiger partial charge in [-0.25, -0.2) is 22.7 Å². The van der Waals surface area contributed by atoms with Crippen LogP contribution in [0.1, 0.15) is 24.2 Å². The van der Waals surface area contributed by atoms with E-state index in [0.717, 1.165) is 6.07 Å². The predicted octanol–water partition coefficient (Wildman–Crippen LogP) is 1.69. The maximum Gasteiger partial charge on any atom is 0.340 e. The summed E-state index contributed by atoms with van der Waals surface area (Å²) in [5.41, 5.74) is -0.380. The second-order valence-electron chi connectivity index (χ2n) is 3.77. The molecule has 0 saturated heterocycles. The summed E-state index contributed by atoms with van der Waals surface area (Å²) in [4.78, 5) is 11.1. The summed E-state index contributed by atoms with van der Waals surface area (Å²) in [5.74, 6) is -1.97. The molecule has 0 heterocycles. The minimum Gasteiger partial charge on any atom is -0.459 e. The first-order chi connectivity index (χ1) is 8.12. The highest BCUT2D eigenvalue weighted by molar-refractivity contribution is 7.89. The molecule has 1 aromatic rings. The van der Waals surface area contributed by atoms with Gasteiger partial charge < -0.3 is 4.74 Å². The van der Waals surface area contributed by atoms with E-state index in [1.165, 1.54) is 0 Å². The molecule has 0 spiro atoms. The molecule has 0 aliphatic carbocycles. The summed E-state index contributed by atoms with van der Waals surface area (Å²) in [5, 5.41) is 4.35. The molecule has 1 aromatic carbocycles. The molecule has 5 nitrogen and oxygen atoms in total. The Kier molecular flexibility index (Phi) is 4.31. The largest absolute Gasteiger partial charge is 0.459 e. The highest BCUT2D eigenvalue weighted by atomic mass is 35.5. The van der Waals surface area contributed by atoms with Gasteiger partial charge in [-0.2, -0.15) is 0 Å². The molecule has 100 valence electrons. The van der Waals surface area contributed by atoms with Gasteiger partial charge in [0.1, 0.15) is 5.82 Å². The van der Waals surface area contributed by atoms with Gasteiger partial charge in [-0.05, 0) is 26.0 Å². The van der Waals surface area contributed by atoms with E-state index < -0.39 is 37.8 Å². The summed E-state index contributed by atoms with van der Waals surface area (Å²) in [7, 11) is -4.13. The van der Waals surface area contributed by atoms with Gasteiger partial charge >= 0.3 is 5.97 Å². The zero-order valence-electron chi connectivity index (χ0n) is 9.61. The lowest BCUT2D eigenvalue weighted by Gasteiger charge is -2.10. The highest BCUT2D eigenvalue weighted by Gasteiger charge is 2.21. The second-order valence-corrected chi connectivity index (χ2v) is 5.71. The van der Waals surface area contributed by atoms with E-state index >= 15 is 0 Å². The van der Waals surface area contributed by atoms with Crippen LogP contribution >= 0.6 is 11.6 Å². The molecule has 8 heteroatoms. The maximum atomic E-state index is 13.4. The van der Waals surface area contributed by atoms with Crippen LogP contribution in [0.4, 0.5) is 4.39 Å². The van der Waals surface area contributed by atoms with Crippen molar-refractivity contribution >= 4 is 27.6 Å². The minimum absolute atomic E-state index is 0.380. The minimum atomic E-state index is -4.13. The van der Waals surface area contributed by atoms with Gasteiger partial charge in [0.25, 0.3) is 0 Å².